The molecular weight excluding hydrogens is 346 g/mol. The molecule has 1 amide bonds. The molecule has 1 N–H and O–H groups in total. The highest BCUT2D eigenvalue weighted by atomic mass is 16.5. The fourth-order valence-corrected chi connectivity index (χ4v) is 3.48. The van der Waals surface area contributed by atoms with Crippen LogP contribution in [-0.2, 0) is 25.5 Å². The van der Waals surface area contributed by atoms with E-state index in [2.05, 4.69) is 0 Å². The molecule has 1 atom stereocenters. The molecule has 0 unspecified atom stereocenters. The number of carbonyl (C=O) groups excluding carboxylic acids is 2. The minimum Gasteiger partial charge on any atom is -0.480 e. The number of benzene rings is 1. The van der Waals surface area contributed by atoms with Crippen molar-refractivity contribution in [1.29, 1.82) is 0 Å². The standard InChI is InChI=1S/C21H29NO5/c23-19(15-17-7-2-1-3-8-17)12-11-18-9-6-10-20(24)22(18)13-4-5-14-27-16-21(25)26/h1-3,7-8,18H,4-6,9-16H2,(H,25,26)/t18-/m1/s1. The third-order valence-corrected chi connectivity index (χ3v) is 4.85. The summed E-state index contributed by atoms with van der Waals surface area (Å²) in [6, 6.07) is 9.86. The first-order chi connectivity index (χ1) is 13.1. The van der Waals surface area contributed by atoms with Crippen LogP contribution < -0.4 is 0 Å². The smallest absolute Gasteiger partial charge is 0.329 e. The summed E-state index contributed by atoms with van der Waals surface area (Å²) in [4.78, 5) is 36.9. The van der Waals surface area contributed by atoms with Crippen LogP contribution in [-0.4, -0.2) is 53.5 Å². The number of ether oxygens (including phenoxy) is 1. The van der Waals surface area contributed by atoms with Crippen LogP contribution in [0, 0.1) is 0 Å². The Labute approximate surface area is 160 Å². The zero-order valence-electron chi connectivity index (χ0n) is 15.8. The molecule has 1 saturated heterocycles. The van der Waals surface area contributed by atoms with Crippen molar-refractivity contribution in [2.75, 3.05) is 19.8 Å². The Kier molecular flexibility index (Phi) is 8.98. The number of hydrogen-bond donors (Lipinski definition) is 1. The Morgan fingerprint density at radius 3 is 2.70 bits per heavy atom. The molecule has 2 rings (SSSR count). The Bertz CT molecular complexity index is 616. The van der Waals surface area contributed by atoms with E-state index in [0.717, 1.165) is 31.2 Å². The first kappa shape index (κ1) is 21.1. The lowest BCUT2D eigenvalue weighted by atomic mass is 9.95. The van der Waals surface area contributed by atoms with E-state index in [1.54, 1.807) is 0 Å². The number of amides is 1. The van der Waals surface area contributed by atoms with Crippen LogP contribution in [0.3, 0.4) is 0 Å². The molecule has 1 aromatic rings. The largest absolute Gasteiger partial charge is 0.480 e. The number of likely N-dealkylation sites (tertiary alicyclic amines) is 1. The van der Waals surface area contributed by atoms with Gasteiger partial charge in [0.05, 0.1) is 0 Å². The summed E-state index contributed by atoms with van der Waals surface area (Å²) in [5.74, 6) is -0.601. The highest BCUT2D eigenvalue weighted by molar-refractivity contribution is 5.81. The summed E-state index contributed by atoms with van der Waals surface area (Å²) in [5, 5.41) is 8.53. The molecule has 6 nitrogen and oxygen atoms in total. The quantitative estimate of drug-likeness (QED) is 0.568. The second kappa shape index (κ2) is 11.5. The molecule has 148 valence electrons. The van der Waals surface area contributed by atoms with Gasteiger partial charge in [-0.1, -0.05) is 30.3 Å². The number of Topliss-reactive ketones (excluding diaryl/α,β-unsaturated/α-hetero) is 1. The van der Waals surface area contributed by atoms with Crippen molar-refractivity contribution in [3.8, 4) is 0 Å². The first-order valence-electron chi connectivity index (χ1n) is 9.71. The summed E-state index contributed by atoms with van der Waals surface area (Å²) in [7, 11) is 0. The van der Waals surface area contributed by atoms with Gasteiger partial charge >= 0.3 is 5.97 Å². The number of carboxylic acids is 1. The number of piperidine rings is 1. The maximum atomic E-state index is 12.3. The van der Waals surface area contributed by atoms with Gasteiger partial charge in [-0.3, -0.25) is 9.59 Å². The van der Waals surface area contributed by atoms with E-state index in [9.17, 15) is 14.4 Å². The maximum Gasteiger partial charge on any atom is 0.329 e. The van der Waals surface area contributed by atoms with Crippen LogP contribution in [0.5, 0.6) is 0 Å². The predicted octanol–water partition coefficient (Wildman–Crippen LogP) is 2.84. The SMILES string of the molecule is O=C(O)COCCCCN1C(=O)CCC[C@@H]1CCC(=O)Cc1ccccc1. The summed E-state index contributed by atoms with van der Waals surface area (Å²) in [6.07, 6.45) is 5.55. The van der Waals surface area contributed by atoms with E-state index in [-0.39, 0.29) is 24.3 Å². The number of aliphatic carboxylic acids is 1. The zero-order chi connectivity index (χ0) is 19.5. The third kappa shape index (κ3) is 7.91. The molecule has 0 saturated carbocycles. The normalized spacial score (nSPS) is 17.1. The number of rotatable bonds is 12. The molecule has 1 fully saturated rings. The fraction of sp³-hybridized carbons (Fsp3) is 0.571. The molecule has 0 aliphatic carbocycles. The Morgan fingerprint density at radius 2 is 1.96 bits per heavy atom. The molecule has 1 heterocycles. The number of hydrogen-bond acceptors (Lipinski definition) is 4. The monoisotopic (exact) mass is 375 g/mol. The molecule has 0 radical (unpaired) electrons. The van der Waals surface area contributed by atoms with Crippen LogP contribution in [0.4, 0.5) is 0 Å². The van der Waals surface area contributed by atoms with Gasteiger partial charge in [-0.15, -0.1) is 0 Å². The Balaban J connectivity index is 1.73. The summed E-state index contributed by atoms with van der Waals surface area (Å²) >= 11 is 0. The van der Waals surface area contributed by atoms with Gasteiger partial charge in [-0.05, 0) is 37.7 Å². The molecule has 27 heavy (non-hydrogen) atoms. The molecule has 1 aromatic carbocycles. The maximum absolute atomic E-state index is 12.3. The highest BCUT2D eigenvalue weighted by Gasteiger charge is 2.27. The van der Waals surface area contributed by atoms with Gasteiger partial charge in [0.25, 0.3) is 0 Å². The number of carbonyl (C=O) groups is 3. The van der Waals surface area contributed by atoms with Crippen molar-refractivity contribution in [3.05, 3.63) is 35.9 Å². The lowest BCUT2D eigenvalue weighted by molar-refractivity contribution is -0.142. The van der Waals surface area contributed by atoms with Gasteiger partial charge in [0.1, 0.15) is 12.4 Å². The van der Waals surface area contributed by atoms with Gasteiger partial charge in [0.2, 0.25) is 5.91 Å². The van der Waals surface area contributed by atoms with Gasteiger partial charge in [-0.2, -0.15) is 0 Å². The second-order valence-electron chi connectivity index (χ2n) is 7.03. The van der Waals surface area contributed by atoms with E-state index in [1.165, 1.54) is 0 Å². The number of carboxylic acid groups (broad SMARTS) is 1. The lowest BCUT2D eigenvalue weighted by Crippen LogP contribution is -2.44. The topological polar surface area (TPSA) is 83.9 Å². The Hall–Kier alpha value is -2.21. The highest BCUT2D eigenvalue weighted by Crippen LogP contribution is 2.23. The molecule has 1 aliphatic heterocycles. The molecule has 0 spiro atoms. The van der Waals surface area contributed by atoms with Crippen molar-refractivity contribution < 1.29 is 24.2 Å². The predicted molar refractivity (Wildman–Crippen MR) is 101 cm³/mol. The van der Waals surface area contributed by atoms with Gasteiger partial charge < -0.3 is 14.7 Å². The van der Waals surface area contributed by atoms with E-state index in [1.807, 2.05) is 35.2 Å². The number of nitrogens with zero attached hydrogens (tertiary/aromatic N) is 1. The molecule has 1 aliphatic rings. The van der Waals surface area contributed by atoms with Crippen LogP contribution in [0.2, 0.25) is 0 Å². The van der Waals surface area contributed by atoms with Crippen molar-refractivity contribution >= 4 is 17.7 Å². The second-order valence-corrected chi connectivity index (χ2v) is 7.03. The fourth-order valence-electron chi connectivity index (χ4n) is 3.48. The minimum absolute atomic E-state index is 0.130. The van der Waals surface area contributed by atoms with E-state index < -0.39 is 5.97 Å². The Morgan fingerprint density at radius 1 is 1.19 bits per heavy atom. The number of ketones is 1. The average Bonchev–Trinajstić information content (AvgIpc) is 2.65. The van der Waals surface area contributed by atoms with Crippen LogP contribution in [0.1, 0.15) is 50.5 Å². The van der Waals surface area contributed by atoms with Gasteiger partial charge in [-0.25, -0.2) is 4.79 Å². The minimum atomic E-state index is -0.971. The van der Waals surface area contributed by atoms with Crippen LogP contribution in [0.25, 0.3) is 0 Å². The van der Waals surface area contributed by atoms with Crippen molar-refractivity contribution in [3.63, 3.8) is 0 Å². The summed E-state index contributed by atoms with van der Waals surface area (Å²) in [5.41, 5.74) is 1.03. The molecular formula is C21H29NO5. The van der Waals surface area contributed by atoms with E-state index >= 15 is 0 Å². The lowest BCUT2D eigenvalue weighted by Gasteiger charge is -2.36. The van der Waals surface area contributed by atoms with E-state index in [0.29, 0.717) is 38.8 Å². The summed E-state index contributed by atoms with van der Waals surface area (Å²) < 4.78 is 5.03. The van der Waals surface area contributed by atoms with E-state index in [4.69, 9.17) is 9.84 Å². The third-order valence-electron chi connectivity index (χ3n) is 4.85. The van der Waals surface area contributed by atoms with Crippen LogP contribution >= 0.6 is 0 Å². The molecule has 6 heteroatoms. The zero-order valence-corrected chi connectivity index (χ0v) is 15.8. The first-order valence-corrected chi connectivity index (χ1v) is 9.71. The van der Waals surface area contributed by atoms with Crippen molar-refractivity contribution in [2.24, 2.45) is 0 Å². The van der Waals surface area contributed by atoms with Crippen LogP contribution in [0.15, 0.2) is 30.3 Å². The van der Waals surface area contributed by atoms with Crippen molar-refractivity contribution in [2.45, 2.75) is 57.4 Å². The van der Waals surface area contributed by atoms with Gasteiger partial charge in [0, 0.05) is 38.5 Å². The average molecular weight is 375 g/mol. The molecule has 0 bridgehead atoms. The number of unbranched alkanes of at least 4 members (excludes halogenated alkanes) is 1. The summed E-state index contributed by atoms with van der Waals surface area (Å²) in [6.45, 7) is 0.746. The van der Waals surface area contributed by atoms with Gasteiger partial charge in [0.15, 0.2) is 0 Å². The molecule has 0 aromatic heterocycles. The van der Waals surface area contributed by atoms with Crippen molar-refractivity contribution in [1.82, 2.24) is 4.90 Å².